The molecule has 0 spiro atoms. The Bertz CT molecular complexity index is 522. The minimum atomic E-state index is -0.240. The van der Waals surface area contributed by atoms with Crippen molar-refractivity contribution in [2.45, 2.75) is 25.8 Å². The highest BCUT2D eigenvalue weighted by atomic mass is 16.2. The number of nitrogens with two attached hydrogens (primary N) is 1. The monoisotopic (exact) mass is 274 g/mol. The third-order valence-corrected chi connectivity index (χ3v) is 3.08. The Morgan fingerprint density at radius 1 is 1.25 bits per heavy atom. The number of nitrogens with zero attached hydrogens (tertiary/aromatic N) is 1. The van der Waals surface area contributed by atoms with Crippen molar-refractivity contribution in [1.29, 1.82) is 0 Å². The average molecular weight is 274 g/mol. The number of hydrazone groups is 1. The SMILES string of the molecule is NCCc1ccc(CNC(=O)C2=NNC(=O)CC2)cc1. The summed E-state index contributed by atoms with van der Waals surface area (Å²) in [6.45, 7) is 1.07. The van der Waals surface area contributed by atoms with E-state index in [-0.39, 0.29) is 11.8 Å². The van der Waals surface area contributed by atoms with E-state index in [9.17, 15) is 9.59 Å². The average Bonchev–Trinajstić information content (AvgIpc) is 2.47. The molecular weight excluding hydrogens is 256 g/mol. The molecule has 6 heteroatoms. The van der Waals surface area contributed by atoms with Gasteiger partial charge in [-0.05, 0) is 24.1 Å². The van der Waals surface area contributed by atoms with Crippen LogP contribution >= 0.6 is 0 Å². The van der Waals surface area contributed by atoms with Gasteiger partial charge in [-0.3, -0.25) is 9.59 Å². The van der Waals surface area contributed by atoms with E-state index >= 15 is 0 Å². The van der Waals surface area contributed by atoms with Crippen LogP contribution in [-0.4, -0.2) is 24.1 Å². The Labute approximate surface area is 117 Å². The lowest BCUT2D eigenvalue weighted by Gasteiger charge is -2.12. The van der Waals surface area contributed by atoms with Gasteiger partial charge in [0.05, 0.1) is 0 Å². The maximum atomic E-state index is 11.8. The topological polar surface area (TPSA) is 96.6 Å². The molecule has 1 aromatic carbocycles. The van der Waals surface area contributed by atoms with Crippen LogP contribution in [0.3, 0.4) is 0 Å². The molecular formula is C14H18N4O2. The van der Waals surface area contributed by atoms with Gasteiger partial charge in [0, 0.05) is 19.4 Å². The number of amides is 2. The van der Waals surface area contributed by atoms with Gasteiger partial charge in [-0.1, -0.05) is 24.3 Å². The van der Waals surface area contributed by atoms with Crippen LogP contribution < -0.4 is 16.5 Å². The lowest BCUT2D eigenvalue weighted by molar-refractivity contribution is -0.121. The third-order valence-electron chi connectivity index (χ3n) is 3.08. The summed E-state index contributed by atoms with van der Waals surface area (Å²) < 4.78 is 0. The van der Waals surface area contributed by atoms with E-state index in [0.717, 1.165) is 12.0 Å². The second-order valence-corrected chi connectivity index (χ2v) is 4.63. The highest BCUT2D eigenvalue weighted by Crippen LogP contribution is 2.05. The van der Waals surface area contributed by atoms with Crippen LogP contribution in [0.5, 0.6) is 0 Å². The number of rotatable bonds is 5. The van der Waals surface area contributed by atoms with Gasteiger partial charge in [0.1, 0.15) is 5.71 Å². The predicted octanol–water partition coefficient (Wildman–Crippen LogP) is 0.0700. The van der Waals surface area contributed by atoms with Crippen LogP contribution in [0, 0.1) is 0 Å². The zero-order valence-electron chi connectivity index (χ0n) is 11.2. The lowest BCUT2D eigenvalue weighted by atomic mass is 10.1. The fraction of sp³-hybridized carbons (Fsp3) is 0.357. The van der Waals surface area contributed by atoms with E-state index < -0.39 is 0 Å². The molecule has 0 aliphatic carbocycles. The van der Waals surface area contributed by atoms with E-state index in [1.54, 1.807) is 0 Å². The highest BCUT2D eigenvalue weighted by molar-refractivity contribution is 6.39. The molecule has 2 amide bonds. The van der Waals surface area contributed by atoms with Gasteiger partial charge in [-0.25, -0.2) is 5.43 Å². The van der Waals surface area contributed by atoms with E-state index in [2.05, 4.69) is 15.8 Å². The molecule has 0 bridgehead atoms. The van der Waals surface area contributed by atoms with Crippen LogP contribution in [0.2, 0.25) is 0 Å². The van der Waals surface area contributed by atoms with E-state index in [1.807, 2.05) is 24.3 Å². The predicted molar refractivity (Wildman–Crippen MR) is 75.9 cm³/mol. The van der Waals surface area contributed by atoms with Crippen molar-refractivity contribution in [3.63, 3.8) is 0 Å². The maximum Gasteiger partial charge on any atom is 0.267 e. The molecule has 2 rings (SSSR count). The first kappa shape index (κ1) is 14.2. The fourth-order valence-electron chi connectivity index (χ4n) is 1.91. The van der Waals surface area contributed by atoms with Crippen LogP contribution in [0.15, 0.2) is 29.4 Å². The first-order valence-electron chi connectivity index (χ1n) is 6.60. The Morgan fingerprint density at radius 3 is 2.55 bits per heavy atom. The molecule has 1 heterocycles. The standard InChI is InChI=1S/C14H18N4O2/c15-8-7-10-1-3-11(4-2-10)9-16-14(20)12-5-6-13(19)18-17-12/h1-4H,5-9,15H2,(H,16,20)(H,18,19). The van der Waals surface area contributed by atoms with Crippen molar-refractivity contribution in [2.75, 3.05) is 6.54 Å². The molecule has 1 aliphatic heterocycles. The summed E-state index contributed by atoms with van der Waals surface area (Å²) in [6.07, 6.45) is 1.54. The minimum Gasteiger partial charge on any atom is -0.347 e. The van der Waals surface area contributed by atoms with Crippen LogP contribution in [-0.2, 0) is 22.6 Å². The second-order valence-electron chi connectivity index (χ2n) is 4.63. The number of nitrogens with one attached hydrogen (secondary N) is 2. The van der Waals surface area contributed by atoms with Gasteiger partial charge in [-0.15, -0.1) is 0 Å². The first-order valence-corrected chi connectivity index (χ1v) is 6.60. The van der Waals surface area contributed by atoms with Gasteiger partial charge in [0.25, 0.3) is 5.91 Å². The number of hydrogen-bond donors (Lipinski definition) is 3. The number of benzene rings is 1. The Morgan fingerprint density at radius 2 is 1.95 bits per heavy atom. The molecule has 6 nitrogen and oxygen atoms in total. The van der Waals surface area contributed by atoms with Gasteiger partial charge in [-0.2, -0.15) is 5.10 Å². The summed E-state index contributed by atoms with van der Waals surface area (Å²) >= 11 is 0. The largest absolute Gasteiger partial charge is 0.347 e. The summed E-state index contributed by atoms with van der Waals surface area (Å²) in [4.78, 5) is 22.8. The summed E-state index contributed by atoms with van der Waals surface area (Å²) in [7, 11) is 0. The van der Waals surface area contributed by atoms with Crippen LogP contribution in [0.1, 0.15) is 24.0 Å². The quantitative estimate of drug-likeness (QED) is 0.709. The Kier molecular flexibility index (Phi) is 4.84. The molecule has 1 aromatic rings. The molecule has 0 fully saturated rings. The number of carbonyl (C=O) groups excluding carboxylic acids is 2. The number of hydrogen-bond acceptors (Lipinski definition) is 4. The lowest BCUT2D eigenvalue weighted by Crippen LogP contribution is -2.36. The molecule has 0 aromatic heterocycles. The first-order chi connectivity index (χ1) is 9.69. The van der Waals surface area contributed by atoms with Crippen molar-refractivity contribution < 1.29 is 9.59 Å². The van der Waals surface area contributed by atoms with Gasteiger partial charge >= 0.3 is 0 Å². The zero-order valence-corrected chi connectivity index (χ0v) is 11.2. The van der Waals surface area contributed by atoms with Crippen LogP contribution in [0.25, 0.3) is 0 Å². The Hall–Kier alpha value is -2.21. The summed E-state index contributed by atoms with van der Waals surface area (Å²) in [5.74, 6) is -0.395. The van der Waals surface area contributed by atoms with E-state index in [0.29, 0.717) is 31.6 Å². The van der Waals surface area contributed by atoms with Gasteiger partial charge < -0.3 is 11.1 Å². The van der Waals surface area contributed by atoms with Crippen molar-refractivity contribution in [3.8, 4) is 0 Å². The fourth-order valence-corrected chi connectivity index (χ4v) is 1.91. The van der Waals surface area contributed by atoms with Gasteiger partial charge in [0.15, 0.2) is 0 Å². The molecule has 1 aliphatic rings. The van der Waals surface area contributed by atoms with E-state index in [4.69, 9.17) is 5.73 Å². The molecule has 0 saturated heterocycles. The Balaban J connectivity index is 1.85. The highest BCUT2D eigenvalue weighted by Gasteiger charge is 2.17. The van der Waals surface area contributed by atoms with E-state index in [1.165, 1.54) is 5.56 Å². The second kappa shape index (κ2) is 6.81. The molecule has 4 N–H and O–H groups in total. The van der Waals surface area contributed by atoms with Crippen molar-refractivity contribution in [2.24, 2.45) is 10.8 Å². The zero-order chi connectivity index (χ0) is 14.4. The smallest absolute Gasteiger partial charge is 0.267 e. The summed E-state index contributed by atoms with van der Waals surface area (Å²) in [6, 6.07) is 7.95. The van der Waals surface area contributed by atoms with Crippen molar-refractivity contribution in [1.82, 2.24) is 10.7 Å². The molecule has 0 atom stereocenters. The molecule has 0 unspecified atom stereocenters. The summed E-state index contributed by atoms with van der Waals surface area (Å²) in [5, 5.41) is 6.54. The van der Waals surface area contributed by atoms with Crippen molar-refractivity contribution >= 4 is 17.5 Å². The van der Waals surface area contributed by atoms with Gasteiger partial charge in [0.2, 0.25) is 5.91 Å². The third kappa shape index (κ3) is 3.89. The van der Waals surface area contributed by atoms with Crippen molar-refractivity contribution in [3.05, 3.63) is 35.4 Å². The van der Waals surface area contributed by atoms with Crippen LogP contribution in [0.4, 0.5) is 0 Å². The molecule has 20 heavy (non-hydrogen) atoms. The minimum absolute atomic E-state index is 0.156. The molecule has 106 valence electrons. The maximum absolute atomic E-state index is 11.8. The normalized spacial score (nSPS) is 14.4. The molecule has 0 radical (unpaired) electrons. The molecule has 0 saturated carbocycles. The number of carbonyl (C=O) groups is 2. The summed E-state index contributed by atoms with van der Waals surface area (Å²) in [5.41, 5.74) is 10.4.